The van der Waals surface area contributed by atoms with Crippen molar-refractivity contribution in [1.82, 2.24) is 10.3 Å². The second-order valence-electron chi connectivity index (χ2n) is 6.63. The lowest BCUT2D eigenvalue weighted by molar-refractivity contribution is 0.0600. The minimum absolute atomic E-state index is 0.152. The molecule has 0 aliphatic rings. The van der Waals surface area contributed by atoms with Gasteiger partial charge in [-0.1, -0.05) is 26.2 Å². The molecule has 0 bridgehead atoms. The van der Waals surface area contributed by atoms with Crippen LogP contribution in [-0.2, 0) is 14.8 Å². The Morgan fingerprint density at radius 1 is 1.00 bits per heavy atom. The Bertz CT molecular complexity index is 1010. The number of hydrogen-bond donors (Lipinski definition) is 2. The van der Waals surface area contributed by atoms with Crippen LogP contribution in [0.15, 0.2) is 47.4 Å². The molecule has 0 aliphatic carbocycles. The zero-order valence-electron chi connectivity index (χ0n) is 17.3. The van der Waals surface area contributed by atoms with Crippen LogP contribution in [-0.4, -0.2) is 34.0 Å². The maximum absolute atomic E-state index is 14.0. The number of hydrogen-bond acceptors (Lipinski definition) is 6. The Labute approximate surface area is 180 Å². The van der Waals surface area contributed by atoms with Gasteiger partial charge in [-0.2, -0.15) is 0 Å². The fourth-order valence-electron chi connectivity index (χ4n) is 2.62. The molecule has 2 aromatic rings. The Morgan fingerprint density at radius 2 is 1.68 bits per heavy atom. The molecule has 0 saturated heterocycles. The molecule has 0 radical (unpaired) electrons. The summed E-state index contributed by atoms with van der Waals surface area (Å²) in [5.74, 6) is -2.07. The van der Waals surface area contributed by atoms with Gasteiger partial charge in [-0.3, -0.25) is 10.2 Å². The molecule has 31 heavy (non-hydrogen) atoms. The Morgan fingerprint density at radius 3 is 2.32 bits per heavy atom. The van der Waals surface area contributed by atoms with Crippen LogP contribution < -0.4 is 15.0 Å². The van der Waals surface area contributed by atoms with Gasteiger partial charge in [-0.15, -0.1) is 4.83 Å². The first-order valence-electron chi connectivity index (χ1n) is 9.71. The highest BCUT2D eigenvalue weighted by atomic mass is 32.2. The third-order valence-electron chi connectivity index (χ3n) is 4.32. The molecular weight excluding hydrogens is 427 g/mol. The minimum atomic E-state index is -4.48. The smallest absolute Gasteiger partial charge is 0.337 e. The fourth-order valence-corrected chi connectivity index (χ4v) is 3.56. The van der Waals surface area contributed by atoms with E-state index in [1.165, 1.54) is 12.1 Å². The summed E-state index contributed by atoms with van der Waals surface area (Å²) >= 11 is 0. The molecule has 0 aliphatic heterocycles. The first kappa shape index (κ1) is 24.3. The van der Waals surface area contributed by atoms with Crippen molar-refractivity contribution in [3.63, 3.8) is 0 Å². The van der Waals surface area contributed by atoms with Crippen LogP contribution in [0.3, 0.4) is 0 Å². The number of nitrogens with one attached hydrogen (secondary N) is 2. The number of hydrazine groups is 1. The number of carbonyl (C=O) groups is 2. The molecular formula is C21H25FN2O6S. The van der Waals surface area contributed by atoms with Crippen molar-refractivity contribution in [2.45, 2.75) is 37.5 Å². The number of sulfonamides is 1. The van der Waals surface area contributed by atoms with Crippen LogP contribution in [0.1, 0.15) is 53.3 Å². The van der Waals surface area contributed by atoms with Crippen molar-refractivity contribution in [3.8, 4) is 5.75 Å². The van der Waals surface area contributed by atoms with E-state index < -0.39 is 32.6 Å². The molecule has 0 saturated carbocycles. The van der Waals surface area contributed by atoms with Gasteiger partial charge in [0.05, 0.1) is 19.3 Å². The number of rotatable bonds is 11. The summed E-state index contributed by atoms with van der Waals surface area (Å²) in [4.78, 5) is 24.8. The number of unbranched alkanes of at least 4 members (excludes halogenated alkanes) is 3. The van der Waals surface area contributed by atoms with Crippen LogP contribution in [0.2, 0.25) is 0 Å². The minimum Gasteiger partial charge on any atom is -0.494 e. The molecule has 0 aromatic heterocycles. The van der Waals surface area contributed by atoms with Crippen molar-refractivity contribution in [1.29, 1.82) is 0 Å². The largest absolute Gasteiger partial charge is 0.494 e. The first-order valence-corrected chi connectivity index (χ1v) is 11.2. The summed E-state index contributed by atoms with van der Waals surface area (Å²) in [5.41, 5.74) is 2.03. The summed E-state index contributed by atoms with van der Waals surface area (Å²) in [6.45, 7) is 2.70. The van der Waals surface area contributed by atoms with Crippen LogP contribution in [0.5, 0.6) is 5.75 Å². The van der Waals surface area contributed by atoms with Crippen molar-refractivity contribution in [2.75, 3.05) is 13.7 Å². The van der Waals surface area contributed by atoms with E-state index in [1.807, 2.05) is 10.3 Å². The highest BCUT2D eigenvalue weighted by Gasteiger charge is 2.22. The van der Waals surface area contributed by atoms with Crippen LogP contribution in [0.25, 0.3) is 0 Å². The standard InChI is InChI=1S/C21H25FN2O6S/c1-3-4-5-6-13-30-17-10-7-15(8-11-17)20(25)23-24-31(27,28)19-14-16(21(26)29-2)9-12-18(19)22/h7-12,14,24H,3-6,13H2,1-2H3,(H,23,25). The van der Waals surface area contributed by atoms with E-state index in [-0.39, 0.29) is 11.1 Å². The predicted octanol–water partition coefficient (Wildman–Crippen LogP) is 3.19. The molecule has 10 heteroatoms. The fraction of sp³-hybridized carbons (Fsp3) is 0.333. The Balaban J connectivity index is 1.98. The maximum atomic E-state index is 14.0. The number of ether oxygens (including phenoxy) is 2. The number of benzene rings is 2. The molecule has 8 nitrogen and oxygen atoms in total. The molecule has 0 spiro atoms. The molecule has 0 unspecified atom stereocenters. The summed E-state index contributed by atoms with van der Waals surface area (Å²) in [6, 6.07) is 8.89. The number of carbonyl (C=O) groups excluding carboxylic acids is 2. The second kappa shape index (κ2) is 11.4. The first-order chi connectivity index (χ1) is 14.8. The van der Waals surface area contributed by atoms with Gasteiger partial charge in [0, 0.05) is 5.56 Å². The number of halogens is 1. The topological polar surface area (TPSA) is 111 Å². The van der Waals surface area contributed by atoms with Gasteiger partial charge in [0.2, 0.25) is 0 Å². The zero-order chi connectivity index (χ0) is 22.9. The summed E-state index contributed by atoms with van der Waals surface area (Å²) in [7, 11) is -3.36. The van der Waals surface area contributed by atoms with Crippen LogP contribution in [0, 0.1) is 5.82 Å². The van der Waals surface area contributed by atoms with E-state index in [1.54, 1.807) is 12.1 Å². The van der Waals surface area contributed by atoms with Crippen molar-refractivity contribution >= 4 is 21.9 Å². The third kappa shape index (κ3) is 7.04. The summed E-state index contributed by atoms with van der Waals surface area (Å²) < 4.78 is 48.8. The molecule has 0 heterocycles. The van der Waals surface area contributed by atoms with Crippen LogP contribution in [0.4, 0.5) is 4.39 Å². The van der Waals surface area contributed by atoms with Crippen molar-refractivity contribution in [3.05, 3.63) is 59.4 Å². The average molecular weight is 453 g/mol. The summed E-state index contributed by atoms with van der Waals surface area (Å²) in [6.07, 6.45) is 4.30. The molecule has 2 aromatic carbocycles. The number of amides is 1. The Hall–Kier alpha value is -2.98. The second-order valence-corrected chi connectivity index (χ2v) is 8.28. The number of esters is 1. The van der Waals surface area contributed by atoms with E-state index in [0.717, 1.165) is 51.0 Å². The van der Waals surface area contributed by atoms with E-state index in [9.17, 15) is 22.4 Å². The van der Waals surface area contributed by atoms with Crippen molar-refractivity contribution < 1.29 is 31.9 Å². The Kier molecular flexibility index (Phi) is 8.95. The molecule has 2 N–H and O–H groups in total. The van der Waals surface area contributed by atoms with E-state index in [0.29, 0.717) is 12.4 Å². The molecule has 1 amide bonds. The van der Waals surface area contributed by atoms with Gasteiger partial charge >= 0.3 is 5.97 Å². The van der Waals surface area contributed by atoms with Gasteiger partial charge in [-0.05, 0) is 48.9 Å². The number of methoxy groups -OCH3 is 1. The maximum Gasteiger partial charge on any atom is 0.337 e. The predicted molar refractivity (Wildman–Crippen MR) is 112 cm³/mol. The van der Waals surface area contributed by atoms with Gasteiger partial charge in [0.15, 0.2) is 0 Å². The highest BCUT2D eigenvalue weighted by molar-refractivity contribution is 7.89. The molecule has 0 atom stereocenters. The van der Waals surface area contributed by atoms with Gasteiger partial charge in [-0.25, -0.2) is 17.6 Å². The van der Waals surface area contributed by atoms with E-state index in [2.05, 4.69) is 11.7 Å². The van der Waals surface area contributed by atoms with Crippen molar-refractivity contribution in [2.24, 2.45) is 0 Å². The molecule has 168 valence electrons. The van der Waals surface area contributed by atoms with Gasteiger partial charge < -0.3 is 9.47 Å². The lowest BCUT2D eigenvalue weighted by Crippen LogP contribution is -2.41. The summed E-state index contributed by atoms with van der Waals surface area (Å²) in [5, 5.41) is 0. The average Bonchev–Trinajstić information content (AvgIpc) is 2.77. The normalized spacial score (nSPS) is 11.1. The van der Waals surface area contributed by atoms with Gasteiger partial charge in [0.25, 0.3) is 15.9 Å². The molecule has 0 fully saturated rings. The van der Waals surface area contributed by atoms with Gasteiger partial charge in [0.1, 0.15) is 16.5 Å². The van der Waals surface area contributed by atoms with E-state index >= 15 is 0 Å². The lowest BCUT2D eigenvalue weighted by Gasteiger charge is -2.11. The van der Waals surface area contributed by atoms with E-state index in [4.69, 9.17) is 4.74 Å². The lowest BCUT2D eigenvalue weighted by atomic mass is 10.2. The molecule has 2 rings (SSSR count). The zero-order valence-corrected chi connectivity index (χ0v) is 18.1. The highest BCUT2D eigenvalue weighted by Crippen LogP contribution is 2.17. The monoisotopic (exact) mass is 452 g/mol. The SMILES string of the molecule is CCCCCCOc1ccc(C(=O)NNS(=O)(=O)c2cc(C(=O)OC)ccc2F)cc1. The van der Waals surface area contributed by atoms with Crippen LogP contribution >= 0.6 is 0 Å². The third-order valence-corrected chi connectivity index (χ3v) is 5.59. The quantitative estimate of drug-likeness (QED) is 0.308.